The molecule has 0 radical (unpaired) electrons. The van der Waals surface area contributed by atoms with Gasteiger partial charge in [-0.1, -0.05) is 53.6 Å². The first-order valence-corrected chi connectivity index (χ1v) is 11.7. The number of aromatic amines is 1. The predicted molar refractivity (Wildman–Crippen MR) is 132 cm³/mol. The summed E-state index contributed by atoms with van der Waals surface area (Å²) in [6.45, 7) is 3.90. The number of carbonyl (C=O) groups excluding carboxylic acids is 2. The van der Waals surface area contributed by atoms with Crippen LogP contribution in [0.3, 0.4) is 0 Å². The van der Waals surface area contributed by atoms with Crippen LogP contribution >= 0.6 is 0 Å². The monoisotopic (exact) mass is 469 g/mol. The standard InChI is InChI=1S/C29H27NO5/c1-18-7-11-20(12-8-18)28(31)33-17-27-26(35-29(32)21-13-9-19(2)10-14-21)16-25(34-27)24-15-22-5-3-4-6-23(22)30-24/h3-15,25-27,30H,16-17H2,1-2H3/t25-,26+,27-/m1/s1. The second-order valence-electron chi connectivity index (χ2n) is 8.99. The van der Waals surface area contributed by atoms with Gasteiger partial charge in [0.1, 0.15) is 24.9 Å². The highest BCUT2D eigenvalue weighted by molar-refractivity contribution is 5.90. The van der Waals surface area contributed by atoms with E-state index in [0.717, 1.165) is 27.7 Å². The zero-order valence-corrected chi connectivity index (χ0v) is 19.7. The molecule has 6 heteroatoms. The highest BCUT2D eigenvalue weighted by Crippen LogP contribution is 2.36. The summed E-state index contributed by atoms with van der Waals surface area (Å²) in [4.78, 5) is 28.8. The lowest BCUT2D eigenvalue weighted by Crippen LogP contribution is -2.32. The average molecular weight is 470 g/mol. The van der Waals surface area contributed by atoms with Crippen molar-refractivity contribution in [3.63, 3.8) is 0 Å². The maximum absolute atomic E-state index is 12.8. The highest BCUT2D eigenvalue weighted by Gasteiger charge is 2.40. The molecule has 1 fully saturated rings. The summed E-state index contributed by atoms with van der Waals surface area (Å²) in [7, 11) is 0. The van der Waals surface area contributed by atoms with Gasteiger partial charge in [0.2, 0.25) is 0 Å². The fraction of sp³-hybridized carbons (Fsp3) is 0.241. The summed E-state index contributed by atoms with van der Waals surface area (Å²) >= 11 is 0. The van der Waals surface area contributed by atoms with Gasteiger partial charge in [0.05, 0.1) is 11.1 Å². The molecule has 0 unspecified atom stereocenters. The van der Waals surface area contributed by atoms with Crippen molar-refractivity contribution in [2.75, 3.05) is 6.61 Å². The number of esters is 2. The van der Waals surface area contributed by atoms with Crippen molar-refractivity contribution in [2.24, 2.45) is 0 Å². The minimum Gasteiger partial charge on any atom is -0.459 e. The second-order valence-corrected chi connectivity index (χ2v) is 8.99. The smallest absolute Gasteiger partial charge is 0.338 e. The molecule has 178 valence electrons. The maximum Gasteiger partial charge on any atom is 0.338 e. The van der Waals surface area contributed by atoms with E-state index in [2.05, 4.69) is 4.98 Å². The molecule has 0 bridgehead atoms. The fourth-order valence-electron chi connectivity index (χ4n) is 4.28. The third-order valence-corrected chi connectivity index (χ3v) is 6.31. The molecule has 0 aliphatic carbocycles. The third kappa shape index (κ3) is 5.12. The van der Waals surface area contributed by atoms with E-state index in [1.54, 1.807) is 24.3 Å². The number of para-hydroxylation sites is 1. The minimum atomic E-state index is -0.588. The van der Waals surface area contributed by atoms with Crippen molar-refractivity contribution in [3.8, 4) is 0 Å². The third-order valence-electron chi connectivity index (χ3n) is 6.31. The summed E-state index contributed by atoms with van der Waals surface area (Å²) in [6, 6.07) is 24.4. The van der Waals surface area contributed by atoms with E-state index >= 15 is 0 Å². The molecule has 5 rings (SSSR count). The number of ether oxygens (including phenoxy) is 3. The topological polar surface area (TPSA) is 77.6 Å². The van der Waals surface area contributed by atoms with Crippen molar-refractivity contribution in [3.05, 3.63) is 107 Å². The molecule has 3 aromatic carbocycles. The van der Waals surface area contributed by atoms with E-state index < -0.39 is 24.1 Å². The lowest BCUT2D eigenvalue weighted by molar-refractivity contribution is -0.0432. The molecule has 35 heavy (non-hydrogen) atoms. The lowest BCUT2D eigenvalue weighted by Gasteiger charge is -2.19. The van der Waals surface area contributed by atoms with Crippen LogP contribution in [0.2, 0.25) is 0 Å². The van der Waals surface area contributed by atoms with Crippen LogP contribution in [-0.2, 0) is 14.2 Å². The van der Waals surface area contributed by atoms with Gasteiger partial charge in [-0.05, 0) is 55.6 Å². The number of fused-ring (bicyclic) bond motifs is 1. The molecule has 1 aliphatic heterocycles. The normalized spacial score (nSPS) is 19.5. The Bertz CT molecular complexity index is 1310. The second kappa shape index (κ2) is 9.76. The zero-order chi connectivity index (χ0) is 24.4. The Labute approximate surface area is 203 Å². The largest absolute Gasteiger partial charge is 0.459 e. The molecule has 6 nitrogen and oxygen atoms in total. The van der Waals surface area contributed by atoms with E-state index in [0.29, 0.717) is 17.5 Å². The number of benzene rings is 3. The van der Waals surface area contributed by atoms with Crippen LogP contribution in [0, 0.1) is 13.8 Å². The summed E-state index contributed by atoms with van der Waals surface area (Å²) in [5.74, 6) is -0.864. The Morgan fingerprint density at radius 2 is 1.51 bits per heavy atom. The number of hydrogen-bond acceptors (Lipinski definition) is 5. The van der Waals surface area contributed by atoms with Gasteiger partial charge in [-0.3, -0.25) is 0 Å². The van der Waals surface area contributed by atoms with Crippen LogP contribution < -0.4 is 0 Å². The number of carbonyl (C=O) groups is 2. The number of aryl methyl sites for hydroxylation is 2. The van der Waals surface area contributed by atoms with Crippen molar-refractivity contribution in [1.29, 1.82) is 0 Å². The van der Waals surface area contributed by atoms with Gasteiger partial charge in [0.15, 0.2) is 0 Å². The molecule has 2 heterocycles. The molecule has 1 aromatic heterocycles. The van der Waals surface area contributed by atoms with Crippen LogP contribution in [-0.4, -0.2) is 35.7 Å². The quantitative estimate of drug-likeness (QED) is 0.367. The van der Waals surface area contributed by atoms with Crippen LogP contribution in [0.15, 0.2) is 78.9 Å². The minimum absolute atomic E-state index is 0.0186. The molecular formula is C29H27NO5. The SMILES string of the molecule is Cc1ccc(C(=O)OC[C@H]2O[C@@H](c3cc4ccccc4[nH]3)C[C@@H]2OC(=O)c2ccc(C)cc2)cc1. The zero-order valence-electron chi connectivity index (χ0n) is 19.7. The maximum atomic E-state index is 12.8. The van der Waals surface area contributed by atoms with E-state index in [4.69, 9.17) is 14.2 Å². The summed E-state index contributed by atoms with van der Waals surface area (Å²) in [6.07, 6.45) is -1.01. The molecule has 1 aliphatic rings. The van der Waals surface area contributed by atoms with Gasteiger partial charge in [-0.15, -0.1) is 0 Å². The van der Waals surface area contributed by atoms with E-state index in [-0.39, 0.29) is 12.7 Å². The molecule has 3 atom stereocenters. The van der Waals surface area contributed by atoms with Crippen molar-refractivity contribution in [2.45, 2.75) is 38.6 Å². The van der Waals surface area contributed by atoms with Crippen LogP contribution in [0.25, 0.3) is 10.9 Å². The number of rotatable bonds is 6. The number of nitrogens with one attached hydrogen (secondary N) is 1. The Hall–Kier alpha value is -3.90. The number of H-pyrrole nitrogens is 1. The first-order valence-electron chi connectivity index (χ1n) is 11.7. The molecule has 0 spiro atoms. The summed E-state index contributed by atoms with van der Waals surface area (Å²) in [5.41, 5.74) is 4.97. The Morgan fingerprint density at radius 3 is 2.17 bits per heavy atom. The molecule has 0 saturated carbocycles. The predicted octanol–water partition coefficient (Wildman–Crippen LogP) is 5.70. The fourth-order valence-corrected chi connectivity index (χ4v) is 4.28. The van der Waals surface area contributed by atoms with E-state index in [9.17, 15) is 9.59 Å². The van der Waals surface area contributed by atoms with Gasteiger partial charge in [-0.2, -0.15) is 0 Å². The number of hydrogen-bond donors (Lipinski definition) is 1. The molecule has 4 aromatic rings. The van der Waals surface area contributed by atoms with Crippen LogP contribution in [0.5, 0.6) is 0 Å². The Morgan fingerprint density at radius 1 is 0.886 bits per heavy atom. The van der Waals surface area contributed by atoms with Crippen LogP contribution in [0.1, 0.15) is 50.1 Å². The van der Waals surface area contributed by atoms with Gasteiger partial charge in [0.25, 0.3) is 0 Å². The summed E-state index contributed by atoms with van der Waals surface area (Å²) in [5, 5.41) is 1.08. The lowest BCUT2D eigenvalue weighted by atomic mass is 10.1. The molecule has 1 saturated heterocycles. The first-order chi connectivity index (χ1) is 17.0. The Balaban J connectivity index is 1.33. The Kier molecular flexibility index (Phi) is 6.38. The van der Waals surface area contributed by atoms with Crippen molar-refractivity contribution in [1.82, 2.24) is 4.98 Å². The summed E-state index contributed by atoms with van der Waals surface area (Å²) < 4.78 is 17.7. The van der Waals surface area contributed by atoms with E-state index in [1.807, 2.05) is 68.4 Å². The van der Waals surface area contributed by atoms with Gasteiger partial charge in [0, 0.05) is 17.6 Å². The average Bonchev–Trinajstić information content (AvgIpc) is 3.47. The van der Waals surface area contributed by atoms with Gasteiger partial charge < -0.3 is 19.2 Å². The van der Waals surface area contributed by atoms with Crippen LogP contribution in [0.4, 0.5) is 0 Å². The van der Waals surface area contributed by atoms with Crippen molar-refractivity contribution >= 4 is 22.8 Å². The number of aromatic nitrogens is 1. The highest BCUT2D eigenvalue weighted by atomic mass is 16.6. The van der Waals surface area contributed by atoms with Gasteiger partial charge >= 0.3 is 11.9 Å². The van der Waals surface area contributed by atoms with E-state index in [1.165, 1.54) is 0 Å². The molecule has 0 amide bonds. The van der Waals surface area contributed by atoms with Crippen molar-refractivity contribution < 1.29 is 23.8 Å². The first kappa shape index (κ1) is 22.9. The molecule has 1 N–H and O–H groups in total. The molecular weight excluding hydrogens is 442 g/mol. The van der Waals surface area contributed by atoms with Gasteiger partial charge in [-0.25, -0.2) is 9.59 Å².